The van der Waals surface area contributed by atoms with Crippen LogP contribution in [0.3, 0.4) is 0 Å². The summed E-state index contributed by atoms with van der Waals surface area (Å²) < 4.78 is 2.37. The third-order valence-corrected chi connectivity index (χ3v) is 3.63. The molecular formula is C15H19N3. The zero-order chi connectivity index (χ0) is 12.5. The molecule has 3 heteroatoms. The van der Waals surface area contributed by atoms with Crippen LogP contribution in [0.4, 0.5) is 0 Å². The lowest BCUT2D eigenvalue weighted by Gasteiger charge is -2.17. The number of fused-ring (bicyclic) bond motifs is 1. The molecule has 2 aromatic rings. The Bertz CT molecular complexity index is 569. The molecule has 1 aliphatic heterocycles. The van der Waals surface area contributed by atoms with E-state index < -0.39 is 0 Å². The molecule has 0 aliphatic carbocycles. The minimum absolute atomic E-state index is 0.904. The third-order valence-electron chi connectivity index (χ3n) is 3.63. The van der Waals surface area contributed by atoms with Crippen molar-refractivity contribution in [3.05, 3.63) is 47.0 Å². The topological polar surface area (TPSA) is 29.9 Å². The molecule has 0 radical (unpaired) electrons. The predicted octanol–water partition coefficient (Wildman–Crippen LogP) is 2.39. The first-order valence-electron chi connectivity index (χ1n) is 6.67. The molecule has 0 unspecified atom stereocenters. The van der Waals surface area contributed by atoms with Crippen molar-refractivity contribution in [3.8, 4) is 5.69 Å². The maximum Gasteiger partial charge on any atom is 0.113 e. The molecule has 0 saturated carbocycles. The van der Waals surface area contributed by atoms with E-state index in [1.165, 1.54) is 28.5 Å². The van der Waals surface area contributed by atoms with Gasteiger partial charge in [0.2, 0.25) is 0 Å². The molecule has 1 aliphatic rings. The summed E-state index contributed by atoms with van der Waals surface area (Å²) in [4.78, 5) is 4.79. The zero-order valence-corrected chi connectivity index (χ0v) is 11.0. The van der Waals surface area contributed by atoms with E-state index in [1.807, 2.05) is 0 Å². The average Bonchev–Trinajstić information content (AvgIpc) is 2.78. The maximum atomic E-state index is 4.79. The van der Waals surface area contributed by atoms with Gasteiger partial charge in [0.25, 0.3) is 0 Å². The summed E-state index contributed by atoms with van der Waals surface area (Å²) in [7, 11) is 0. The summed E-state index contributed by atoms with van der Waals surface area (Å²) in [5.41, 5.74) is 5.21. The molecule has 1 N–H and O–H groups in total. The molecule has 0 amide bonds. The second kappa shape index (κ2) is 4.58. The summed E-state index contributed by atoms with van der Waals surface area (Å²) in [5, 5.41) is 3.40. The second-order valence-electron chi connectivity index (χ2n) is 4.82. The predicted molar refractivity (Wildman–Crippen MR) is 73.1 cm³/mol. The molecule has 1 aromatic carbocycles. The smallest absolute Gasteiger partial charge is 0.113 e. The summed E-state index contributed by atoms with van der Waals surface area (Å²) in [5.74, 6) is 1.18. The van der Waals surface area contributed by atoms with E-state index in [-0.39, 0.29) is 0 Å². The van der Waals surface area contributed by atoms with Gasteiger partial charge in [-0.05, 0) is 18.6 Å². The standard InChI is InChI=1S/C15H19N3/c1-3-15-17-12-10-16-9-8-14(12)18(15)13-7-5-4-6-11(13)2/h4-7,16H,3,8-10H2,1-2H3. The Labute approximate surface area is 108 Å². The van der Waals surface area contributed by atoms with Crippen molar-refractivity contribution in [3.63, 3.8) is 0 Å². The van der Waals surface area contributed by atoms with Crippen LogP contribution in [-0.4, -0.2) is 16.1 Å². The van der Waals surface area contributed by atoms with Gasteiger partial charge in [0.05, 0.1) is 5.69 Å². The van der Waals surface area contributed by atoms with Gasteiger partial charge in [-0.3, -0.25) is 0 Å². The first kappa shape index (κ1) is 11.5. The zero-order valence-electron chi connectivity index (χ0n) is 11.0. The van der Waals surface area contributed by atoms with E-state index in [2.05, 4.69) is 48.0 Å². The second-order valence-corrected chi connectivity index (χ2v) is 4.82. The molecule has 18 heavy (non-hydrogen) atoms. The first-order chi connectivity index (χ1) is 8.81. The largest absolute Gasteiger partial charge is 0.311 e. The number of aryl methyl sites for hydroxylation is 2. The number of nitrogens with zero attached hydrogens (tertiary/aromatic N) is 2. The van der Waals surface area contributed by atoms with Gasteiger partial charge in [-0.15, -0.1) is 0 Å². The highest BCUT2D eigenvalue weighted by Gasteiger charge is 2.20. The fraction of sp³-hybridized carbons (Fsp3) is 0.400. The molecule has 3 nitrogen and oxygen atoms in total. The van der Waals surface area contributed by atoms with E-state index >= 15 is 0 Å². The molecule has 0 bridgehead atoms. The van der Waals surface area contributed by atoms with Crippen LogP contribution in [0.25, 0.3) is 5.69 Å². The van der Waals surface area contributed by atoms with Gasteiger partial charge < -0.3 is 9.88 Å². The van der Waals surface area contributed by atoms with Gasteiger partial charge in [0.1, 0.15) is 5.82 Å². The van der Waals surface area contributed by atoms with Gasteiger partial charge in [-0.2, -0.15) is 0 Å². The molecular weight excluding hydrogens is 222 g/mol. The number of nitrogens with one attached hydrogen (secondary N) is 1. The Hall–Kier alpha value is -1.61. The van der Waals surface area contributed by atoms with Crippen LogP contribution in [0, 0.1) is 6.92 Å². The Morgan fingerprint density at radius 2 is 2.17 bits per heavy atom. The van der Waals surface area contributed by atoms with Crippen molar-refractivity contribution in [1.29, 1.82) is 0 Å². The lowest BCUT2D eigenvalue weighted by molar-refractivity contribution is 0.619. The summed E-state index contributed by atoms with van der Waals surface area (Å²) in [6.07, 6.45) is 2.04. The summed E-state index contributed by atoms with van der Waals surface area (Å²) in [6.45, 7) is 6.30. The Kier molecular flexibility index (Phi) is 2.92. The highest BCUT2D eigenvalue weighted by atomic mass is 15.1. The van der Waals surface area contributed by atoms with Crippen molar-refractivity contribution < 1.29 is 0 Å². The van der Waals surface area contributed by atoms with E-state index in [0.717, 1.165) is 25.9 Å². The molecule has 3 rings (SSSR count). The number of hydrogen-bond donors (Lipinski definition) is 1. The Morgan fingerprint density at radius 1 is 1.33 bits per heavy atom. The minimum Gasteiger partial charge on any atom is -0.311 e. The number of benzene rings is 1. The van der Waals surface area contributed by atoms with Gasteiger partial charge in [-0.1, -0.05) is 25.1 Å². The molecule has 0 atom stereocenters. The van der Waals surface area contributed by atoms with Crippen LogP contribution >= 0.6 is 0 Å². The van der Waals surface area contributed by atoms with E-state index in [0.29, 0.717) is 0 Å². The Morgan fingerprint density at radius 3 is 2.94 bits per heavy atom. The summed E-state index contributed by atoms with van der Waals surface area (Å²) in [6, 6.07) is 8.56. The number of para-hydroxylation sites is 1. The molecule has 1 aromatic heterocycles. The normalized spacial score (nSPS) is 14.6. The average molecular weight is 241 g/mol. The molecule has 0 saturated heterocycles. The summed E-state index contributed by atoms with van der Waals surface area (Å²) >= 11 is 0. The fourth-order valence-corrected chi connectivity index (χ4v) is 2.70. The quantitative estimate of drug-likeness (QED) is 0.875. The Balaban J connectivity index is 2.21. The van der Waals surface area contributed by atoms with Gasteiger partial charge >= 0.3 is 0 Å². The van der Waals surface area contributed by atoms with Gasteiger partial charge in [0.15, 0.2) is 0 Å². The van der Waals surface area contributed by atoms with E-state index in [4.69, 9.17) is 4.98 Å². The number of imidazole rings is 1. The molecule has 0 fully saturated rings. The molecule has 94 valence electrons. The van der Waals surface area contributed by atoms with Crippen LogP contribution < -0.4 is 5.32 Å². The van der Waals surface area contributed by atoms with Crippen molar-refractivity contribution in [2.45, 2.75) is 33.2 Å². The maximum absolute atomic E-state index is 4.79. The van der Waals surface area contributed by atoms with Crippen LogP contribution in [0.5, 0.6) is 0 Å². The number of rotatable bonds is 2. The minimum atomic E-state index is 0.904. The van der Waals surface area contributed by atoms with Gasteiger partial charge in [0, 0.05) is 37.3 Å². The highest BCUT2D eigenvalue weighted by molar-refractivity contribution is 5.44. The molecule has 0 spiro atoms. The van der Waals surface area contributed by atoms with Crippen LogP contribution in [0.1, 0.15) is 29.7 Å². The lowest BCUT2D eigenvalue weighted by Crippen LogP contribution is -2.24. The monoisotopic (exact) mass is 241 g/mol. The fourth-order valence-electron chi connectivity index (χ4n) is 2.70. The van der Waals surface area contributed by atoms with Crippen molar-refractivity contribution >= 4 is 0 Å². The highest BCUT2D eigenvalue weighted by Crippen LogP contribution is 2.23. The van der Waals surface area contributed by atoms with Crippen molar-refractivity contribution in [2.75, 3.05) is 6.54 Å². The van der Waals surface area contributed by atoms with Crippen LogP contribution in [0.2, 0.25) is 0 Å². The number of aromatic nitrogens is 2. The number of hydrogen-bond acceptors (Lipinski definition) is 2. The van der Waals surface area contributed by atoms with Crippen LogP contribution in [-0.2, 0) is 19.4 Å². The first-order valence-corrected chi connectivity index (χ1v) is 6.67. The van der Waals surface area contributed by atoms with Crippen molar-refractivity contribution in [2.24, 2.45) is 0 Å². The van der Waals surface area contributed by atoms with Crippen LogP contribution in [0.15, 0.2) is 24.3 Å². The lowest BCUT2D eigenvalue weighted by atomic mass is 10.1. The third kappa shape index (κ3) is 1.75. The van der Waals surface area contributed by atoms with E-state index in [9.17, 15) is 0 Å². The SMILES string of the molecule is CCc1nc2c(n1-c1ccccc1C)CCNC2. The van der Waals surface area contributed by atoms with Gasteiger partial charge in [-0.25, -0.2) is 4.98 Å². The molecule has 2 heterocycles. The van der Waals surface area contributed by atoms with E-state index in [1.54, 1.807) is 0 Å². The van der Waals surface area contributed by atoms with Crippen molar-refractivity contribution in [1.82, 2.24) is 14.9 Å².